The number of aromatic nitrogens is 3. The van der Waals surface area contributed by atoms with Crippen molar-refractivity contribution in [2.24, 2.45) is 0 Å². The second-order valence-electron chi connectivity index (χ2n) is 8.05. The van der Waals surface area contributed by atoms with E-state index in [0.29, 0.717) is 13.1 Å². The maximum atomic E-state index is 13.2. The average molecular weight is 440 g/mol. The van der Waals surface area contributed by atoms with Gasteiger partial charge in [0.2, 0.25) is 5.91 Å². The number of phenols is 1. The third-order valence-electron chi connectivity index (χ3n) is 5.88. The summed E-state index contributed by atoms with van der Waals surface area (Å²) < 4.78 is 1.92. The maximum Gasteiger partial charge on any atom is 0.242 e. The number of pyridine rings is 1. The zero-order chi connectivity index (χ0) is 22.6. The second kappa shape index (κ2) is 9.16. The third-order valence-corrected chi connectivity index (χ3v) is 5.88. The quantitative estimate of drug-likeness (QED) is 0.514. The Balaban J connectivity index is 1.35. The van der Waals surface area contributed by atoms with E-state index in [9.17, 15) is 9.90 Å². The Labute approximate surface area is 192 Å². The van der Waals surface area contributed by atoms with Gasteiger partial charge < -0.3 is 19.5 Å². The van der Waals surface area contributed by atoms with E-state index in [-0.39, 0.29) is 18.2 Å². The van der Waals surface area contributed by atoms with Crippen LogP contribution in [0.3, 0.4) is 0 Å². The zero-order valence-electron chi connectivity index (χ0n) is 18.2. The molecule has 5 rings (SSSR count). The van der Waals surface area contributed by atoms with Gasteiger partial charge in [0, 0.05) is 49.7 Å². The van der Waals surface area contributed by atoms with E-state index in [0.717, 1.165) is 41.6 Å². The normalized spacial score (nSPS) is 13.8. The fourth-order valence-electron chi connectivity index (χ4n) is 4.10. The van der Waals surface area contributed by atoms with Crippen LogP contribution in [0.4, 0.5) is 5.82 Å². The molecule has 1 aliphatic rings. The molecule has 0 radical (unpaired) electrons. The van der Waals surface area contributed by atoms with Crippen molar-refractivity contribution in [3.63, 3.8) is 0 Å². The van der Waals surface area contributed by atoms with E-state index in [2.05, 4.69) is 9.88 Å². The van der Waals surface area contributed by atoms with E-state index >= 15 is 0 Å². The van der Waals surface area contributed by atoms with Crippen LogP contribution >= 0.6 is 0 Å². The van der Waals surface area contributed by atoms with Crippen molar-refractivity contribution in [1.29, 1.82) is 0 Å². The first-order valence-electron chi connectivity index (χ1n) is 11.0. The number of hydrogen-bond acceptors (Lipinski definition) is 5. The minimum absolute atomic E-state index is 0.0718. The molecule has 0 saturated carbocycles. The van der Waals surface area contributed by atoms with Crippen LogP contribution in [0, 0.1) is 0 Å². The van der Waals surface area contributed by atoms with Gasteiger partial charge in [-0.25, -0.2) is 9.97 Å². The monoisotopic (exact) mass is 439 g/mol. The van der Waals surface area contributed by atoms with Crippen LogP contribution in [0.5, 0.6) is 5.75 Å². The molecule has 2 aromatic carbocycles. The second-order valence-corrected chi connectivity index (χ2v) is 8.05. The number of carbonyl (C=O) groups excluding carboxylic acids is 1. The van der Waals surface area contributed by atoms with Gasteiger partial charge in [-0.3, -0.25) is 4.79 Å². The van der Waals surface area contributed by atoms with E-state index in [1.807, 2.05) is 76.3 Å². The van der Waals surface area contributed by atoms with Crippen molar-refractivity contribution in [2.45, 2.75) is 6.54 Å². The molecule has 2 aromatic heterocycles. The van der Waals surface area contributed by atoms with Gasteiger partial charge in [0.25, 0.3) is 0 Å². The van der Waals surface area contributed by atoms with Gasteiger partial charge in [-0.2, -0.15) is 0 Å². The number of anilines is 1. The van der Waals surface area contributed by atoms with Gasteiger partial charge in [-0.15, -0.1) is 0 Å². The lowest BCUT2D eigenvalue weighted by Gasteiger charge is -2.35. The van der Waals surface area contributed by atoms with Crippen LogP contribution in [0.2, 0.25) is 0 Å². The van der Waals surface area contributed by atoms with E-state index in [1.54, 1.807) is 18.3 Å². The summed E-state index contributed by atoms with van der Waals surface area (Å²) in [5.41, 5.74) is 2.61. The van der Waals surface area contributed by atoms with Crippen LogP contribution in [0.15, 0.2) is 85.2 Å². The topological polar surface area (TPSA) is 74.5 Å². The van der Waals surface area contributed by atoms with Crippen molar-refractivity contribution in [2.75, 3.05) is 31.1 Å². The highest BCUT2D eigenvalue weighted by Gasteiger charge is 2.23. The fraction of sp³-hybridized carbons (Fsp3) is 0.192. The summed E-state index contributed by atoms with van der Waals surface area (Å²) in [6, 6.07) is 22.7. The Morgan fingerprint density at radius 2 is 1.58 bits per heavy atom. The summed E-state index contributed by atoms with van der Waals surface area (Å²) in [6.45, 7) is 3.07. The molecule has 0 bridgehead atoms. The van der Waals surface area contributed by atoms with Crippen LogP contribution in [0.1, 0.15) is 0 Å². The first kappa shape index (κ1) is 20.8. The smallest absolute Gasteiger partial charge is 0.242 e. The first-order valence-corrected chi connectivity index (χ1v) is 11.0. The van der Waals surface area contributed by atoms with Crippen molar-refractivity contribution < 1.29 is 9.90 Å². The highest BCUT2D eigenvalue weighted by atomic mass is 16.3. The van der Waals surface area contributed by atoms with Gasteiger partial charge in [-0.05, 0) is 36.4 Å². The molecular formula is C26H25N5O2. The molecule has 7 heteroatoms. The van der Waals surface area contributed by atoms with Gasteiger partial charge in [0.15, 0.2) is 0 Å². The lowest BCUT2D eigenvalue weighted by molar-refractivity contribution is -0.132. The summed E-state index contributed by atoms with van der Waals surface area (Å²) >= 11 is 0. The number of piperazine rings is 1. The van der Waals surface area contributed by atoms with Crippen LogP contribution in [-0.4, -0.2) is 56.6 Å². The minimum atomic E-state index is 0.0718. The molecular weight excluding hydrogens is 414 g/mol. The van der Waals surface area contributed by atoms with E-state index < -0.39 is 0 Å². The number of rotatable bonds is 5. The van der Waals surface area contributed by atoms with Crippen LogP contribution < -0.4 is 4.90 Å². The minimum Gasteiger partial charge on any atom is -0.508 e. The van der Waals surface area contributed by atoms with Crippen molar-refractivity contribution in [3.8, 4) is 28.4 Å². The number of amides is 1. The van der Waals surface area contributed by atoms with Crippen molar-refractivity contribution in [3.05, 3.63) is 85.2 Å². The third kappa shape index (κ3) is 4.57. The molecule has 0 aliphatic carbocycles. The molecule has 3 heterocycles. The molecule has 1 saturated heterocycles. The van der Waals surface area contributed by atoms with Crippen LogP contribution in [-0.2, 0) is 11.3 Å². The van der Waals surface area contributed by atoms with Crippen LogP contribution in [0.25, 0.3) is 22.6 Å². The standard InChI is InChI=1S/C26H25N5O2/c32-22-11-9-20(10-12-22)23-18-31(26(28-23)21-6-2-1-3-7-21)19-25(33)30-16-14-29(15-17-30)24-8-4-5-13-27-24/h1-13,18,32H,14-17,19H2. The zero-order valence-corrected chi connectivity index (χ0v) is 18.2. The summed E-state index contributed by atoms with van der Waals surface area (Å²) in [6.07, 6.45) is 3.71. The largest absolute Gasteiger partial charge is 0.508 e. The summed E-state index contributed by atoms with van der Waals surface area (Å²) in [5.74, 6) is 1.98. The molecule has 33 heavy (non-hydrogen) atoms. The highest BCUT2D eigenvalue weighted by Crippen LogP contribution is 2.26. The highest BCUT2D eigenvalue weighted by molar-refractivity contribution is 5.78. The Morgan fingerprint density at radius 1 is 0.848 bits per heavy atom. The number of hydrogen-bond donors (Lipinski definition) is 1. The number of benzene rings is 2. The maximum absolute atomic E-state index is 13.2. The Hall–Kier alpha value is -4.13. The molecule has 7 nitrogen and oxygen atoms in total. The van der Waals surface area contributed by atoms with E-state index in [4.69, 9.17) is 4.98 Å². The number of carbonyl (C=O) groups is 1. The molecule has 1 N–H and O–H groups in total. The summed E-state index contributed by atoms with van der Waals surface area (Å²) in [5, 5.41) is 9.61. The van der Waals surface area contributed by atoms with Gasteiger partial charge in [-0.1, -0.05) is 36.4 Å². The predicted molar refractivity (Wildman–Crippen MR) is 128 cm³/mol. The fourth-order valence-corrected chi connectivity index (χ4v) is 4.10. The molecule has 0 unspecified atom stereocenters. The molecule has 166 valence electrons. The molecule has 0 spiro atoms. The number of imidazole rings is 1. The number of phenolic OH excluding ortho intramolecular Hbond substituents is 1. The van der Waals surface area contributed by atoms with Gasteiger partial charge in [0.05, 0.1) is 5.69 Å². The average Bonchev–Trinajstić information content (AvgIpc) is 3.29. The lowest BCUT2D eigenvalue weighted by atomic mass is 10.1. The number of aromatic hydroxyl groups is 1. The Morgan fingerprint density at radius 3 is 2.27 bits per heavy atom. The van der Waals surface area contributed by atoms with Crippen molar-refractivity contribution >= 4 is 11.7 Å². The molecule has 0 atom stereocenters. The molecule has 1 amide bonds. The predicted octanol–water partition coefficient (Wildman–Crippen LogP) is 3.67. The molecule has 4 aromatic rings. The van der Waals surface area contributed by atoms with Crippen molar-refractivity contribution in [1.82, 2.24) is 19.4 Å². The van der Waals surface area contributed by atoms with E-state index in [1.165, 1.54) is 0 Å². The number of nitrogens with zero attached hydrogens (tertiary/aromatic N) is 5. The van der Waals surface area contributed by atoms with Gasteiger partial charge in [0.1, 0.15) is 23.9 Å². The SMILES string of the molecule is O=C(Cn1cc(-c2ccc(O)cc2)nc1-c1ccccc1)N1CCN(c2ccccn2)CC1. The van der Waals surface area contributed by atoms with Gasteiger partial charge >= 0.3 is 0 Å². The molecule has 1 fully saturated rings. The lowest BCUT2D eigenvalue weighted by Crippen LogP contribution is -2.49. The molecule has 1 aliphatic heterocycles. The Bertz CT molecular complexity index is 1210. The Kier molecular flexibility index (Phi) is 5.76. The summed E-state index contributed by atoms with van der Waals surface area (Å²) in [4.78, 5) is 26.6. The summed E-state index contributed by atoms with van der Waals surface area (Å²) in [7, 11) is 0. The first-order chi connectivity index (χ1) is 16.2.